The normalized spacial score (nSPS) is 26.2. The molecule has 2 atom stereocenters. The van der Waals surface area contributed by atoms with Crippen molar-refractivity contribution in [2.45, 2.75) is 11.8 Å². The Morgan fingerprint density at radius 1 is 1.10 bits per heavy atom. The molecule has 0 aliphatic heterocycles. The molecule has 2 aromatic carbocycles. The lowest BCUT2D eigenvalue weighted by atomic mass is 9.73. The lowest BCUT2D eigenvalue weighted by molar-refractivity contribution is 0.0742. The molecule has 0 radical (unpaired) electrons. The molecule has 0 heterocycles. The summed E-state index contributed by atoms with van der Waals surface area (Å²) in [5.41, 5.74) is 4.40. The first kappa shape index (κ1) is 13.1. The van der Waals surface area contributed by atoms with Crippen molar-refractivity contribution in [3.05, 3.63) is 53.6 Å². The molecule has 0 N–H and O–H groups in total. The Morgan fingerprint density at radius 2 is 1.86 bits per heavy atom. The summed E-state index contributed by atoms with van der Waals surface area (Å²) in [7, 11) is 3.59. The average Bonchev–Trinajstić information content (AvgIpc) is 2.99. The minimum absolute atomic E-state index is 0.0689. The van der Waals surface area contributed by atoms with Crippen LogP contribution in [-0.2, 0) is 14.9 Å². The van der Waals surface area contributed by atoms with Crippen LogP contribution in [0.1, 0.15) is 17.5 Å². The summed E-state index contributed by atoms with van der Waals surface area (Å²) in [6.45, 7) is 1.52. The van der Waals surface area contributed by atoms with Crippen molar-refractivity contribution >= 4 is 16.3 Å². The number of fused-ring (bicyclic) bond motifs is 6. The third-order valence-electron chi connectivity index (χ3n) is 5.13. The minimum atomic E-state index is 0.0689. The van der Waals surface area contributed by atoms with E-state index in [1.807, 2.05) is 0 Å². The predicted molar refractivity (Wildman–Crippen MR) is 85.5 cm³/mol. The topological polar surface area (TPSA) is 18.5 Å². The van der Waals surface area contributed by atoms with Crippen molar-refractivity contribution in [2.24, 2.45) is 5.92 Å². The van der Waals surface area contributed by atoms with Gasteiger partial charge in [-0.1, -0.05) is 30.3 Å². The van der Waals surface area contributed by atoms with Crippen molar-refractivity contribution in [3.8, 4) is 0 Å². The van der Waals surface area contributed by atoms with E-state index in [1.165, 1.54) is 27.5 Å². The SMILES string of the molecule is COCC1C=C2CC1(COC)c1cc3ccccc3cc12. The zero-order chi connectivity index (χ0) is 14.4. The number of ether oxygens (including phenoxy) is 2. The Balaban J connectivity index is 1.92. The molecule has 0 spiro atoms. The molecule has 2 unspecified atom stereocenters. The Labute approximate surface area is 125 Å². The molecule has 21 heavy (non-hydrogen) atoms. The van der Waals surface area contributed by atoms with Crippen LogP contribution < -0.4 is 0 Å². The van der Waals surface area contributed by atoms with Crippen LogP contribution in [0.25, 0.3) is 16.3 Å². The second-order valence-corrected chi connectivity index (χ2v) is 6.26. The van der Waals surface area contributed by atoms with Gasteiger partial charge in [0.15, 0.2) is 0 Å². The molecule has 108 valence electrons. The summed E-state index contributed by atoms with van der Waals surface area (Å²) < 4.78 is 11.1. The van der Waals surface area contributed by atoms with Crippen molar-refractivity contribution in [3.63, 3.8) is 0 Å². The zero-order valence-electron chi connectivity index (χ0n) is 12.6. The fourth-order valence-electron chi connectivity index (χ4n) is 4.21. The molecule has 0 aromatic heterocycles. The van der Waals surface area contributed by atoms with Crippen molar-refractivity contribution in [1.82, 2.24) is 0 Å². The van der Waals surface area contributed by atoms with Crippen LogP contribution >= 0.6 is 0 Å². The second-order valence-electron chi connectivity index (χ2n) is 6.26. The largest absolute Gasteiger partial charge is 0.384 e. The van der Waals surface area contributed by atoms with Crippen LogP contribution in [0.2, 0.25) is 0 Å². The molecule has 0 saturated heterocycles. The van der Waals surface area contributed by atoms with E-state index in [9.17, 15) is 0 Å². The number of hydrogen-bond donors (Lipinski definition) is 0. The van der Waals surface area contributed by atoms with E-state index in [0.717, 1.165) is 19.6 Å². The van der Waals surface area contributed by atoms with E-state index in [2.05, 4.69) is 42.5 Å². The molecule has 2 aliphatic rings. The Bertz CT molecular complexity index is 731. The number of benzene rings is 2. The van der Waals surface area contributed by atoms with E-state index in [4.69, 9.17) is 9.47 Å². The van der Waals surface area contributed by atoms with Crippen LogP contribution in [0.4, 0.5) is 0 Å². The van der Waals surface area contributed by atoms with Crippen LogP contribution in [-0.4, -0.2) is 27.4 Å². The maximum Gasteiger partial charge on any atom is 0.0569 e. The highest BCUT2D eigenvalue weighted by Gasteiger charge is 2.51. The fourth-order valence-corrected chi connectivity index (χ4v) is 4.21. The van der Waals surface area contributed by atoms with Gasteiger partial charge in [-0.15, -0.1) is 0 Å². The third kappa shape index (κ3) is 1.73. The summed E-state index contributed by atoms with van der Waals surface area (Å²) in [4.78, 5) is 0. The standard InChI is InChI=1S/C19H20O2/c1-20-11-16-7-15-10-19(16,12-21-2)18-9-14-6-4-3-5-13(14)8-17(15)18/h3-9,16H,10-12H2,1-2H3. The van der Waals surface area contributed by atoms with E-state index >= 15 is 0 Å². The minimum Gasteiger partial charge on any atom is -0.384 e. The van der Waals surface area contributed by atoms with Gasteiger partial charge in [-0.3, -0.25) is 0 Å². The summed E-state index contributed by atoms with van der Waals surface area (Å²) in [6.07, 6.45) is 3.49. The summed E-state index contributed by atoms with van der Waals surface area (Å²) in [5, 5.41) is 2.64. The van der Waals surface area contributed by atoms with E-state index < -0.39 is 0 Å². The highest BCUT2D eigenvalue weighted by molar-refractivity contribution is 5.92. The van der Waals surface area contributed by atoms with Crippen LogP contribution in [0.3, 0.4) is 0 Å². The van der Waals surface area contributed by atoms with Gasteiger partial charge in [-0.25, -0.2) is 0 Å². The van der Waals surface area contributed by atoms with Crippen molar-refractivity contribution in [2.75, 3.05) is 27.4 Å². The van der Waals surface area contributed by atoms with Crippen molar-refractivity contribution in [1.29, 1.82) is 0 Å². The predicted octanol–water partition coefficient (Wildman–Crippen LogP) is 3.79. The maximum atomic E-state index is 5.60. The van der Waals surface area contributed by atoms with E-state index in [0.29, 0.717) is 5.92 Å². The zero-order valence-corrected chi connectivity index (χ0v) is 12.6. The first-order chi connectivity index (χ1) is 10.3. The lowest BCUT2D eigenvalue weighted by Crippen LogP contribution is -2.37. The summed E-state index contributed by atoms with van der Waals surface area (Å²) >= 11 is 0. The number of allylic oxidation sites excluding steroid dienone is 1. The smallest absolute Gasteiger partial charge is 0.0569 e. The van der Waals surface area contributed by atoms with Gasteiger partial charge in [0.05, 0.1) is 13.2 Å². The Kier molecular flexibility index (Phi) is 2.91. The van der Waals surface area contributed by atoms with E-state index in [-0.39, 0.29) is 5.41 Å². The quantitative estimate of drug-likeness (QED) is 0.848. The number of hydrogen-bond acceptors (Lipinski definition) is 2. The lowest BCUT2D eigenvalue weighted by Gasteiger charge is -2.34. The maximum absolute atomic E-state index is 5.60. The van der Waals surface area contributed by atoms with Gasteiger partial charge in [-0.2, -0.15) is 0 Å². The first-order valence-electron chi connectivity index (χ1n) is 7.51. The molecule has 2 heteroatoms. The molecule has 2 aromatic rings. The molecule has 4 rings (SSSR count). The van der Waals surface area contributed by atoms with Gasteiger partial charge in [0.2, 0.25) is 0 Å². The molecule has 0 saturated carbocycles. The second kappa shape index (κ2) is 4.69. The molecule has 2 bridgehead atoms. The van der Waals surface area contributed by atoms with Gasteiger partial charge in [0, 0.05) is 25.6 Å². The van der Waals surface area contributed by atoms with Crippen LogP contribution in [0, 0.1) is 5.92 Å². The summed E-state index contributed by atoms with van der Waals surface area (Å²) in [6, 6.07) is 13.3. The molecule has 2 aliphatic carbocycles. The average molecular weight is 280 g/mol. The summed E-state index contributed by atoms with van der Waals surface area (Å²) in [5.74, 6) is 0.422. The third-order valence-corrected chi connectivity index (χ3v) is 5.13. The molecule has 0 fully saturated rings. The van der Waals surface area contributed by atoms with Gasteiger partial charge < -0.3 is 9.47 Å². The number of rotatable bonds is 4. The van der Waals surface area contributed by atoms with Gasteiger partial charge in [0.1, 0.15) is 0 Å². The molecular formula is C19H20O2. The highest BCUT2D eigenvalue weighted by Crippen LogP contribution is 2.57. The van der Waals surface area contributed by atoms with E-state index in [1.54, 1.807) is 14.2 Å². The van der Waals surface area contributed by atoms with Crippen LogP contribution in [0.15, 0.2) is 42.5 Å². The highest BCUT2D eigenvalue weighted by atomic mass is 16.5. The van der Waals surface area contributed by atoms with Crippen LogP contribution in [0.5, 0.6) is 0 Å². The molecule has 2 nitrogen and oxygen atoms in total. The Hall–Kier alpha value is -1.64. The van der Waals surface area contributed by atoms with Crippen molar-refractivity contribution < 1.29 is 9.47 Å². The molecular weight excluding hydrogens is 260 g/mol. The van der Waals surface area contributed by atoms with Gasteiger partial charge in [-0.05, 0) is 46.0 Å². The fraction of sp³-hybridized carbons (Fsp3) is 0.368. The van der Waals surface area contributed by atoms with Gasteiger partial charge >= 0.3 is 0 Å². The molecule has 0 amide bonds. The number of methoxy groups -OCH3 is 2. The Morgan fingerprint density at radius 3 is 2.57 bits per heavy atom. The first-order valence-corrected chi connectivity index (χ1v) is 7.51. The van der Waals surface area contributed by atoms with Gasteiger partial charge in [0.25, 0.3) is 0 Å². The monoisotopic (exact) mass is 280 g/mol.